The smallest absolute Gasteiger partial charge is 0.117 e. The fourth-order valence-electron chi connectivity index (χ4n) is 2.63. The van der Waals surface area contributed by atoms with Crippen molar-refractivity contribution < 1.29 is 4.42 Å². The third-order valence-electron chi connectivity index (χ3n) is 3.31. The van der Waals surface area contributed by atoms with Gasteiger partial charge in [-0.25, -0.2) is 0 Å². The van der Waals surface area contributed by atoms with Crippen LogP contribution in [-0.2, 0) is 6.54 Å². The molecule has 3 heteroatoms. The lowest BCUT2D eigenvalue weighted by Crippen LogP contribution is -2.40. The first-order valence-electron chi connectivity index (χ1n) is 7.01. The van der Waals surface area contributed by atoms with Crippen molar-refractivity contribution in [2.75, 3.05) is 26.7 Å². The topological polar surface area (TPSA) is 28.4 Å². The number of nitrogens with one attached hydrogen (secondary N) is 1. The van der Waals surface area contributed by atoms with Crippen molar-refractivity contribution >= 4 is 0 Å². The van der Waals surface area contributed by atoms with Gasteiger partial charge in [0.2, 0.25) is 0 Å². The van der Waals surface area contributed by atoms with E-state index in [2.05, 4.69) is 38.0 Å². The van der Waals surface area contributed by atoms with Gasteiger partial charge in [0.1, 0.15) is 5.76 Å². The second-order valence-corrected chi connectivity index (χ2v) is 5.59. The lowest BCUT2D eigenvalue weighted by Gasteiger charge is -2.33. The Balaban J connectivity index is 2.48. The molecule has 0 saturated heterocycles. The van der Waals surface area contributed by atoms with Gasteiger partial charge in [-0.2, -0.15) is 0 Å². The molecule has 0 aliphatic carbocycles. The fraction of sp³-hybridized carbons (Fsp3) is 0.733. The molecule has 1 aromatic heterocycles. The molecule has 0 aliphatic rings. The molecule has 1 N–H and O–H groups in total. The number of nitrogens with zero attached hydrogens (tertiary/aromatic N) is 1. The zero-order chi connectivity index (χ0) is 13.4. The number of rotatable bonds is 9. The normalized spacial score (nSPS) is 14.9. The maximum absolute atomic E-state index is 5.40. The molecule has 3 nitrogen and oxygen atoms in total. The molecule has 1 aromatic rings. The molecule has 1 rings (SSSR count). The van der Waals surface area contributed by atoms with Crippen LogP contribution in [-0.4, -0.2) is 31.6 Å². The Kier molecular flexibility index (Phi) is 6.44. The standard InChI is InChI=1S/C15H28N2O/c1-5-9-15(3,12-16-6-2)13-17(4)11-14-8-7-10-18-14/h7-8,10,16H,5-6,9,11-13H2,1-4H3. The van der Waals surface area contributed by atoms with E-state index in [9.17, 15) is 0 Å². The van der Waals surface area contributed by atoms with Gasteiger partial charge in [-0.05, 0) is 37.6 Å². The Bertz CT molecular complexity index is 310. The molecule has 0 aliphatic heterocycles. The van der Waals surface area contributed by atoms with Crippen molar-refractivity contribution in [1.82, 2.24) is 10.2 Å². The summed E-state index contributed by atoms with van der Waals surface area (Å²) in [4.78, 5) is 2.35. The molecule has 0 saturated carbocycles. The van der Waals surface area contributed by atoms with E-state index in [0.717, 1.165) is 31.9 Å². The number of furan rings is 1. The highest BCUT2D eigenvalue weighted by Crippen LogP contribution is 2.24. The van der Waals surface area contributed by atoms with Crippen LogP contribution in [0.2, 0.25) is 0 Å². The summed E-state index contributed by atoms with van der Waals surface area (Å²) in [6.45, 7) is 10.9. The van der Waals surface area contributed by atoms with Crippen LogP contribution >= 0.6 is 0 Å². The van der Waals surface area contributed by atoms with Crippen LogP contribution in [0.5, 0.6) is 0 Å². The van der Waals surface area contributed by atoms with Gasteiger partial charge in [0.25, 0.3) is 0 Å². The van der Waals surface area contributed by atoms with Gasteiger partial charge in [-0.1, -0.05) is 27.2 Å². The number of hydrogen-bond acceptors (Lipinski definition) is 3. The van der Waals surface area contributed by atoms with Crippen LogP contribution in [0.15, 0.2) is 22.8 Å². The average molecular weight is 252 g/mol. The summed E-state index contributed by atoms with van der Waals surface area (Å²) in [5.74, 6) is 1.04. The minimum absolute atomic E-state index is 0.339. The summed E-state index contributed by atoms with van der Waals surface area (Å²) in [6, 6.07) is 3.99. The molecule has 104 valence electrons. The summed E-state index contributed by atoms with van der Waals surface area (Å²) in [6.07, 6.45) is 4.23. The van der Waals surface area contributed by atoms with Crippen LogP contribution in [0.25, 0.3) is 0 Å². The maximum atomic E-state index is 5.40. The molecular weight excluding hydrogens is 224 g/mol. The molecule has 0 bridgehead atoms. The predicted octanol–water partition coefficient (Wildman–Crippen LogP) is 3.13. The van der Waals surface area contributed by atoms with E-state index in [1.54, 1.807) is 6.26 Å². The third kappa shape index (κ3) is 5.23. The Hall–Kier alpha value is -0.800. The maximum Gasteiger partial charge on any atom is 0.117 e. The fourth-order valence-corrected chi connectivity index (χ4v) is 2.63. The first-order valence-corrected chi connectivity index (χ1v) is 7.01. The minimum atomic E-state index is 0.339. The third-order valence-corrected chi connectivity index (χ3v) is 3.31. The van der Waals surface area contributed by atoms with Crippen LogP contribution < -0.4 is 5.32 Å². The Morgan fingerprint density at radius 1 is 1.39 bits per heavy atom. The number of hydrogen-bond donors (Lipinski definition) is 1. The molecular formula is C15H28N2O. The van der Waals surface area contributed by atoms with E-state index in [1.807, 2.05) is 12.1 Å². The van der Waals surface area contributed by atoms with Gasteiger partial charge in [0, 0.05) is 13.1 Å². The molecule has 18 heavy (non-hydrogen) atoms. The van der Waals surface area contributed by atoms with Gasteiger partial charge in [-0.3, -0.25) is 4.90 Å². The largest absolute Gasteiger partial charge is 0.468 e. The van der Waals surface area contributed by atoms with Crippen molar-refractivity contribution in [3.05, 3.63) is 24.2 Å². The van der Waals surface area contributed by atoms with Crippen molar-refractivity contribution in [2.24, 2.45) is 5.41 Å². The SMILES string of the molecule is CCCC(C)(CNCC)CN(C)Cc1ccco1. The highest BCUT2D eigenvalue weighted by molar-refractivity contribution is 4.98. The van der Waals surface area contributed by atoms with E-state index in [-0.39, 0.29) is 0 Å². The zero-order valence-corrected chi connectivity index (χ0v) is 12.3. The molecule has 1 unspecified atom stereocenters. The van der Waals surface area contributed by atoms with E-state index < -0.39 is 0 Å². The van der Waals surface area contributed by atoms with Crippen LogP contribution in [0.3, 0.4) is 0 Å². The van der Waals surface area contributed by atoms with Crippen molar-refractivity contribution in [3.8, 4) is 0 Å². The lowest BCUT2D eigenvalue weighted by atomic mass is 9.85. The van der Waals surface area contributed by atoms with Gasteiger partial charge in [0.15, 0.2) is 0 Å². The summed E-state index contributed by atoms with van der Waals surface area (Å²) in [5.41, 5.74) is 0.339. The van der Waals surface area contributed by atoms with Crippen molar-refractivity contribution in [1.29, 1.82) is 0 Å². The average Bonchev–Trinajstić information content (AvgIpc) is 2.79. The molecule has 0 fully saturated rings. The zero-order valence-electron chi connectivity index (χ0n) is 12.3. The molecule has 0 amide bonds. The summed E-state index contributed by atoms with van der Waals surface area (Å²) in [7, 11) is 2.17. The Morgan fingerprint density at radius 2 is 2.17 bits per heavy atom. The van der Waals surface area contributed by atoms with Gasteiger partial charge in [-0.15, -0.1) is 0 Å². The van der Waals surface area contributed by atoms with Crippen molar-refractivity contribution in [2.45, 2.75) is 40.2 Å². The summed E-state index contributed by atoms with van der Waals surface area (Å²) < 4.78 is 5.40. The van der Waals surface area contributed by atoms with E-state index in [1.165, 1.54) is 12.8 Å². The molecule has 1 heterocycles. The Morgan fingerprint density at radius 3 is 2.72 bits per heavy atom. The quantitative estimate of drug-likeness (QED) is 0.732. The molecule has 1 atom stereocenters. The van der Waals surface area contributed by atoms with E-state index in [0.29, 0.717) is 5.41 Å². The van der Waals surface area contributed by atoms with Crippen LogP contribution in [0.4, 0.5) is 0 Å². The summed E-state index contributed by atoms with van der Waals surface area (Å²) in [5, 5.41) is 3.49. The van der Waals surface area contributed by atoms with Crippen LogP contribution in [0.1, 0.15) is 39.4 Å². The van der Waals surface area contributed by atoms with E-state index in [4.69, 9.17) is 4.42 Å². The van der Waals surface area contributed by atoms with Crippen LogP contribution in [0, 0.1) is 5.41 Å². The molecule has 0 spiro atoms. The van der Waals surface area contributed by atoms with Gasteiger partial charge in [0.05, 0.1) is 12.8 Å². The molecule has 0 aromatic carbocycles. The highest BCUT2D eigenvalue weighted by atomic mass is 16.3. The monoisotopic (exact) mass is 252 g/mol. The second-order valence-electron chi connectivity index (χ2n) is 5.59. The first-order chi connectivity index (χ1) is 8.59. The minimum Gasteiger partial charge on any atom is -0.468 e. The van der Waals surface area contributed by atoms with Gasteiger partial charge < -0.3 is 9.73 Å². The van der Waals surface area contributed by atoms with Gasteiger partial charge >= 0.3 is 0 Å². The first kappa shape index (κ1) is 15.3. The Labute approximate surface area is 112 Å². The second kappa shape index (κ2) is 7.59. The predicted molar refractivity (Wildman–Crippen MR) is 76.6 cm³/mol. The highest BCUT2D eigenvalue weighted by Gasteiger charge is 2.24. The van der Waals surface area contributed by atoms with Crippen molar-refractivity contribution in [3.63, 3.8) is 0 Å². The summed E-state index contributed by atoms with van der Waals surface area (Å²) >= 11 is 0. The molecule has 0 radical (unpaired) electrons. The lowest BCUT2D eigenvalue weighted by molar-refractivity contribution is 0.161. The van der Waals surface area contributed by atoms with E-state index >= 15 is 0 Å².